The van der Waals surface area contributed by atoms with Crippen LogP contribution in [0.25, 0.3) is 5.65 Å². The fourth-order valence-corrected chi connectivity index (χ4v) is 2.60. The van der Waals surface area contributed by atoms with Crippen LogP contribution in [0.15, 0.2) is 24.8 Å². The molecule has 1 fully saturated rings. The third kappa shape index (κ3) is 1.44. The number of halogens is 2. The van der Waals surface area contributed by atoms with E-state index in [0.29, 0.717) is 5.65 Å². The van der Waals surface area contributed by atoms with Gasteiger partial charge in [0.05, 0.1) is 11.9 Å². The number of imidazole rings is 1. The predicted molar refractivity (Wildman–Crippen MR) is 57.9 cm³/mol. The summed E-state index contributed by atoms with van der Waals surface area (Å²) in [6.45, 7) is 0.207. The highest BCUT2D eigenvalue weighted by molar-refractivity contribution is 5.41. The van der Waals surface area contributed by atoms with Gasteiger partial charge in [-0.25, -0.2) is 13.8 Å². The average Bonchev–Trinajstić information content (AvgIpc) is 2.69. The maximum absolute atomic E-state index is 13.1. The maximum Gasteiger partial charge on any atom is 0.250 e. The Morgan fingerprint density at radius 1 is 1.35 bits per heavy atom. The molecule has 4 nitrogen and oxygen atoms in total. The van der Waals surface area contributed by atoms with E-state index in [-0.39, 0.29) is 19.4 Å². The van der Waals surface area contributed by atoms with E-state index in [1.165, 1.54) is 0 Å². The number of hydrogen-bond acceptors (Lipinski definition) is 3. The van der Waals surface area contributed by atoms with Gasteiger partial charge in [-0.2, -0.15) is 0 Å². The van der Waals surface area contributed by atoms with E-state index < -0.39 is 11.3 Å². The SMILES string of the molecule is NCC1(c2cnc3cnccn23)CC(F)(F)C1. The largest absolute Gasteiger partial charge is 0.330 e. The first-order valence-corrected chi connectivity index (χ1v) is 5.42. The number of nitrogens with two attached hydrogens (primary N) is 1. The number of fused-ring (bicyclic) bond motifs is 1. The average molecular weight is 238 g/mol. The molecule has 0 saturated heterocycles. The molecule has 0 radical (unpaired) electrons. The number of nitrogens with zero attached hydrogens (tertiary/aromatic N) is 3. The molecule has 0 aromatic carbocycles. The Balaban J connectivity index is 2.09. The van der Waals surface area contributed by atoms with Crippen LogP contribution in [0.1, 0.15) is 18.5 Å². The Morgan fingerprint density at radius 3 is 2.76 bits per heavy atom. The molecule has 17 heavy (non-hydrogen) atoms. The molecule has 2 heterocycles. The summed E-state index contributed by atoms with van der Waals surface area (Å²) in [7, 11) is 0. The molecule has 2 aromatic heterocycles. The standard InChI is InChI=1S/C11H12F2N4/c12-11(13)5-10(6-11,7-14)8-3-16-9-4-15-1-2-17(8)9/h1-4H,5-7,14H2. The Labute approximate surface area is 96.5 Å². The van der Waals surface area contributed by atoms with Gasteiger partial charge in [0, 0.05) is 43.4 Å². The highest BCUT2D eigenvalue weighted by atomic mass is 19.3. The first kappa shape index (κ1) is 10.6. The van der Waals surface area contributed by atoms with Gasteiger partial charge in [-0.15, -0.1) is 0 Å². The summed E-state index contributed by atoms with van der Waals surface area (Å²) >= 11 is 0. The molecule has 2 N–H and O–H groups in total. The zero-order valence-electron chi connectivity index (χ0n) is 9.11. The lowest BCUT2D eigenvalue weighted by Gasteiger charge is -2.46. The lowest BCUT2D eigenvalue weighted by molar-refractivity contribution is -0.125. The zero-order chi connectivity index (χ0) is 12.1. The summed E-state index contributed by atoms with van der Waals surface area (Å²) in [4.78, 5) is 8.11. The molecule has 0 spiro atoms. The molecular weight excluding hydrogens is 226 g/mol. The van der Waals surface area contributed by atoms with Crippen molar-refractivity contribution in [2.45, 2.75) is 24.2 Å². The second kappa shape index (κ2) is 3.22. The molecule has 1 aliphatic rings. The van der Waals surface area contributed by atoms with Gasteiger partial charge in [0.2, 0.25) is 5.92 Å². The molecule has 0 atom stereocenters. The van der Waals surface area contributed by atoms with Crippen molar-refractivity contribution in [2.24, 2.45) is 5.73 Å². The lowest BCUT2D eigenvalue weighted by Crippen LogP contribution is -2.54. The predicted octanol–water partition coefficient (Wildman–Crippen LogP) is 1.35. The van der Waals surface area contributed by atoms with Crippen molar-refractivity contribution in [3.05, 3.63) is 30.5 Å². The molecule has 0 aliphatic heterocycles. The zero-order valence-corrected chi connectivity index (χ0v) is 9.11. The highest BCUT2D eigenvalue weighted by Gasteiger charge is 2.57. The van der Waals surface area contributed by atoms with Crippen LogP contribution in [-0.2, 0) is 5.41 Å². The summed E-state index contributed by atoms with van der Waals surface area (Å²) < 4.78 is 28.0. The fraction of sp³-hybridized carbons (Fsp3) is 0.455. The number of rotatable bonds is 2. The monoisotopic (exact) mass is 238 g/mol. The highest BCUT2D eigenvalue weighted by Crippen LogP contribution is 2.52. The van der Waals surface area contributed by atoms with Crippen LogP contribution in [0, 0.1) is 0 Å². The first-order valence-electron chi connectivity index (χ1n) is 5.42. The smallest absolute Gasteiger partial charge is 0.250 e. The minimum atomic E-state index is -2.60. The van der Waals surface area contributed by atoms with Crippen LogP contribution in [-0.4, -0.2) is 26.8 Å². The molecule has 0 unspecified atom stereocenters. The van der Waals surface area contributed by atoms with Crippen LogP contribution in [0.4, 0.5) is 8.78 Å². The Kier molecular flexibility index (Phi) is 2.01. The van der Waals surface area contributed by atoms with Crippen molar-refractivity contribution < 1.29 is 8.78 Å². The van der Waals surface area contributed by atoms with Gasteiger partial charge < -0.3 is 10.1 Å². The Morgan fingerprint density at radius 2 is 2.12 bits per heavy atom. The van der Waals surface area contributed by atoms with Crippen molar-refractivity contribution >= 4 is 5.65 Å². The van der Waals surface area contributed by atoms with Gasteiger partial charge in [0.15, 0.2) is 5.65 Å². The lowest BCUT2D eigenvalue weighted by atomic mass is 9.64. The normalized spacial score (nSPS) is 21.4. The molecular formula is C11H12F2N4. The topological polar surface area (TPSA) is 56.2 Å². The van der Waals surface area contributed by atoms with Gasteiger partial charge in [0.1, 0.15) is 0 Å². The molecule has 2 aromatic rings. The molecule has 1 saturated carbocycles. The van der Waals surface area contributed by atoms with E-state index in [2.05, 4.69) is 9.97 Å². The maximum atomic E-state index is 13.1. The molecule has 1 aliphatic carbocycles. The summed E-state index contributed by atoms with van der Waals surface area (Å²) in [6.07, 6.45) is 6.16. The van der Waals surface area contributed by atoms with E-state index in [1.54, 1.807) is 29.2 Å². The number of alkyl halides is 2. The summed E-state index contributed by atoms with van der Waals surface area (Å²) in [5, 5.41) is 0. The molecule has 0 bridgehead atoms. The number of hydrogen-bond donors (Lipinski definition) is 1. The van der Waals surface area contributed by atoms with Crippen molar-refractivity contribution in [1.82, 2.24) is 14.4 Å². The van der Waals surface area contributed by atoms with E-state index in [0.717, 1.165) is 5.69 Å². The second-order valence-corrected chi connectivity index (χ2v) is 4.64. The van der Waals surface area contributed by atoms with Gasteiger partial charge in [-0.1, -0.05) is 0 Å². The Hall–Kier alpha value is -1.56. The van der Waals surface area contributed by atoms with Crippen molar-refractivity contribution in [3.63, 3.8) is 0 Å². The quantitative estimate of drug-likeness (QED) is 0.859. The van der Waals surface area contributed by atoms with Crippen LogP contribution >= 0.6 is 0 Å². The van der Waals surface area contributed by atoms with Crippen LogP contribution in [0.2, 0.25) is 0 Å². The molecule has 3 rings (SSSR count). The van der Waals surface area contributed by atoms with Gasteiger partial charge >= 0.3 is 0 Å². The van der Waals surface area contributed by atoms with E-state index in [1.807, 2.05) is 0 Å². The minimum Gasteiger partial charge on any atom is -0.330 e. The third-order valence-corrected chi connectivity index (χ3v) is 3.45. The molecule has 6 heteroatoms. The van der Waals surface area contributed by atoms with Crippen molar-refractivity contribution in [2.75, 3.05) is 6.54 Å². The van der Waals surface area contributed by atoms with Gasteiger partial charge in [0.25, 0.3) is 0 Å². The van der Waals surface area contributed by atoms with E-state index >= 15 is 0 Å². The summed E-state index contributed by atoms with van der Waals surface area (Å²) in [5.74, 6) is -2.60. The summed E-state index contributed by atoms with van der Waals surface area (Å²) in [6, 6.07) is 0. The fourth-order valence-electron chi connectivity index (χ4n) is 2.60. The summed E-state index contributed by atoms with van der Waals surface area (Å²) in [5.41, 5.74) is 6.44. The van der Waals surface area contributed by atoms with Crippen molar-refractivity contribution in [1.29, 1.82) is 0 Å². The van der Waals surface area contributed by atoms with Crippen LogP contribution in [0.3, 0.4) is 0 Å². The van der Waals surface area contributed by atoms with Crippen LogP contribution < -0.4 is 5.73 Å². The molecule has 0 amide bonds. The van der Waals surface area contributed by atoms with Crippen molar-refractivity contribution in [3.8, 4) is 0 Å². The van der Waals surface area contributed by atoms with Crippen LogP contribution in [0.5, 0.6) is 0 Å². The minimum absolute atomic E-state index is 0.202. The third-order valence-electron chi connectivity index (χ3n) is 3.45. The second-order valence-electron chi connectivity index (χ2n) is 4.64. The Bertz CT molecular complexity index is 555. The number of aromatic nitrogens is 3. The van der Waals surface area contributed by atoms with E-state index in [4.69, 9.17) is 5.73 Å². The first-order chi connectivity index (χ1) is 8.06. The van der Waals surface area contributed by atoms with E-state index in [9.17, 15) is 8.78 Å². The van der Waals surface area contributed by atoms with Gasteiger partial charge in [-0.05, 0) is 0 Å². The van der Waals surface area contributed by atoms with Gasteiger partial charge in [-0.3, -0.25) is 4.98 Å². The molecule has 90 valence electrons.